The molecule has 0 radical (unpaired) electrons. The Kier molecular flexibility index (Phi) is 7.38. The van der Waals surface area contributed by atoms with Gasteiger partial charge in [0.1, 0.15) is 0 Å². The van der Waals surface area contributed by atoms with E-state index in [0.29, 0.717) is 12.1 Å². The zero-order valence-electron chi connectivity index (χ0n) is 8.42. The highest BCUT2D eigenvalue weighted by molar-refractivity contribution is 9.10. The van der Waals surface area contributed by atoms with Crippen molar-refractivity contribution in [2.24, 2.45) is 0 Å². The molecule has 3 nitrogen and oxygen atoms in total. The number of amides is 1. The van der Waals surface area contributed by atoms with Gasteiger partial charge >= 0.3 is 0 Å². The van der Waals surface area contributed by atoms with Gasteiger partial charge in [-0.2, -0.15) is 0 Å². The molecule has 0 saturated heterocycles. The SMILES string of the molecule is CNCCNC(=O)c1ccc(Br)cc1.Cl. The van der Waals surface area contributed by atoms with E-state index in [9.17, 15) is 4.79 Å². The summed E-state index contributed by atoms with van der Waals surface area (Å²) < 4.78 is 0.976. The Hall–Kier alpha value is -0.580. The number of benzene rings is 1. The molecule has 1 rings (SSSR count). The summed E-state index contributed by atoms with van der Waals surface area (Å²) in [7, 11) is 1.85. The van der Waals surface area contributed by atoms with E-state index >= 15 is 0 Å². The highest BCUT2D eigenvalue weighted by Crippen LogP contribution is 2.10. The van der Waals surface area contributed by atoms with Crippen LogP contribution in [0.15, 0.2) is 28.7 Å². The highest BCUT2D eigenvalue weighted by Gasteiger charge is 2.02. The molecule has 0 saturated carbocycles. The maximum atomic E-state index is 11.5. The number of halogens is 2. The fourth-order valence-electron chi connectivity index (χ4n) is 1.00. The predicted octanol–water partition coefficient (Wildman–Crippen LogP) is 1.82. The second kappa shape index (κ2) is 7.68. The van der Waals surface area contributed by atoms with Crippen molar-refractivity contribution in [2.45, 2.75) is 0 Å². The van der Waals surface area contributed by atoms with E-state index in [0.717, 1.165) is 11.0 Å². The van der Waals surface area contributed by atoms with Gasteiger partial charge in [-0.15, -0.1) is 12.4 Å². The lowest BCUT2D eigenvalue weighted by atomic mass is 10.2. The molecule has 1 amide bonds. The second-order valence-electron chi connectivity index (χ2n) is 2.87. The first-order chi connectivity index (χ1) is 6.74. The summed E-state index contributed by atoms with van der Waals surface area (Å²) in [6.45, 7) is 1.42. The summed E-state index contributed by atoms with van der Waals surface area (Å²) >= 11 is 3.32. The molecule has 1 aromatic carbocycles. The largest absolute Gasteiger partial charge is 0.351 e. The fourth-order valence-corrected chi connectivity index (χ4v) is 1.27. The summed E-state index contributed by atoms with van der Waals surface area (Å²) in [5.74, 6) is -0.0345. The monoisotopic (exact) mass is 292 g/mol. The topological polar surface area (TPSA) is 41.1 Å². The summed E-state index contributed by atoms with van der Waals surface area (Å²) in [5.41, 5.74) is 0.685. The Bertz CT molecular complexity index is 303. The number of carbonyl (C=O) groups excluding carboxylic acids is 1. The Labute approximate surface area is 104 Å². The van der Waals surface area contributed by atoms with Crippen LogP contribution in [-0.4, -0.2) is 26.0 Å². The van der Waals surface area contributed by atoms with Gasteiger partial charge in [0.25, 0.3) is 5.91 Å². The van der Waals surface area contributed by atoms with E-state index < -0.39 is 0 Å². The van der Waals surface area contributed by atoms with Crippen LogP contribution in [0.25, 0.3) is 0 Å². The molecule has 0 aliphatic carbocycles. The van der Waals surface area contributed by atoms with E-state index in [4.69, 9.17) is 0 Å². The van der Waals surface area contributed by atoms with Gasteiger partial charge in [0.05, 0.1) is 0 Å². The predicted molar refractivity (Wildman–Crippen MR) is 67.6 cm³/mol. The summed E-state index contributed by atoms with van der Waals surface area (Å²) in [4.78, 5) is 11.5. The minimum Gasteiger partial charge on any atom is -0.351 e. The summed E-state index contributed by atoms with van der Waals surface area (Å²) in [6, 6.07) is 7.29. The van der Waals surface area contributed by atoms with Crippen molar-refractivity contribution < 1.29 is 4.79 Å². The third-order valence-electron chi connectivity index (χ3n) is 1.77. The Morgan fingerprint density at radius 3 is 2.40 bits per heavy atom. The number of hydrogen-bond donors (Lipinski definition) is 2. The molecule has 2 N–H and O–H groups in total. The van der Waals surface area contributed by atoms with Crippen LogP contribution in [0.1, 0.15) is 10.4 Å². The van der Waals surface area contributed by atoms with Crippen LogP contribution in [-0.2, 0) is 0 Å². The molecular weight excluding hydrogens is 279 g/mol. The highest BCUT2D eigenvalue weighted by atomic mass is 79.9. The number of rotatable bonds is 4. The molecule has 0 heterocycles. The van der Waals surface area contributed by atoms with E-state index in [1.165, 1.54) is 0 Å². The fraction of sp³-hybridized carbons (Fsp3) is 0.300. The number of carbonyl (C=O) groups is 1. The van der Waals surface area contributed by atoms with E-state index in [1.807, 2.05) is 19.2 Å². The molecular formula is C10H14BrClN2O. The van der Waals surface area contributed by atoms with Gasteiger partial charge in [-0.05, 0) is 31.3 Å². The standard InChI is InChI=1S/C10H13BrN2O.ClH/c1-12-6-7-13-10(14)8-2-4-9(11)5-3-8;/h2-5,12H,6-7H2,1H3,(H,13,14);1H. The normalized spacial score (nSPS) is 9.20. The molecule has 0 aliphatic rings. The third kappa shape index (κ3) is 5.16. The van der Waals surface area contributed by atoms with Crippen molar-refractivity contribution in [3.8, 4) is 0 Å². The van der Waals surface area contributed by atoms with Crippen molar-refractivity contribution >= 4 is 34.2 Å². The zero-order chi connectivity index (χ0) is 10.4. The maximum Gasteiger partial charge on any atom is 0.251 e. The van der Waals surface area contributed by atoms with Crippen molar-refractivity contribution in [1.82, 2.24) is 10.6 Å². The van der Waals surface area contributed by atoms with Gasteiger partial charge in [-0.25, -0.2) is 0 Å². The van der Waals surface area contributed by atoms with Gasteiger partial charge in [0.15, 0.2) is 0 Å². The van der Waals surface area contributed by atoms with Crippen LogP contribution in [0.3, 0.4) is 0 Å². The van der Waals surface area contributed by atoms with E-state index in [2.05, 4.69) is 26.6 Å². The van der Waals surface area contributed by atoms with E-state index in [1.54, 1.807) is 12.1 Å². The molecule has 15 heavy (non-hydrogen) atoms. The molecule has 84 valence electrons. The van der Waals surface area contributed by atoms with Crippen molar-refractivity contribution in [2.75, 3.05) is 20.1 Å². The molecule has 0 bridgehead atoms. The number of likely N-dealkylation sites (N-methyl/N-ethyl adjacent to an activating group) is 1. The molecule has 0 atom stereocenters. The first kappa shape index (κ1) is 14.4. The molecule has 1 aromatic rings. The lowest BCUT2D eigenvalue weighted by Crippen LogP contribution is -2.30. The lowest BCUT2D eigenvalue weighted by molar-refractivity contribution is 0.0954. The average molecular weight is 294 g/mol. The Morgan fingerprint density at radius 1 is 1.27 bits per heavy atom. The van der Waals surface area contributed by atoms with Crippen LogP contribution in [0.5, 0.6) is 0 Å². The van der Waals surface area contributed by atoms with Crippen molar-refractivity contribution in [3.05, 3.63) is 34.3 Å². The van der Waals surface area contributed by atoms with Crippen molar-refractivity contribution in [3.63, 3.8) is 0 Å². The quantitative estimate of drug-likeness (QED) is 0.832. The zero-order valence-corrected chi connectivity index (χ0v) is 10.8. The van der Waals surface area contributed by atoms with Crippen LogP contribution >= 0.6 is 28.3 Å². The van der Waals surface area contributed by atoms with Gasteiger partial charge in [-0.3, -0.25) is 4.79 Å². The third-order valence-corrected chi connectivity index (χ3v) is 2.30. The smallest absolute Gasteiger partial charge is 0.251 e. The molecule has 0 fully saturated rings. The Morgan fingerprint density at radius 2 is 1.87 bits per heavy atom. The first-order valence-electron chi connectivity index (χ1n) is 4.42. The second-order valence-corrected chi connectivity index (χ2v) is 3.78. The molecule has 5 heteroatoms. The molecule has 0 aromatic heterocycles. The average Bonchev–Trinajstić information content (AvgIpc) is 2.19. The molecule has 0 spiro atoms. The van der Waals surface area contributed by atoms with Crippen LogP contribution < -0.4 is 10.6 Å². The lowest BCUT2D eigenvalue weighted by Gasteiger charge is -2.04. The van der Waals surface area contributed by atoms with Crippen LogP contribution in [0, 0.1) is 0 Å². The van der Waals surface area contributed by atoms with Gasteiger partial charge in [-0.1, -0.05) is 15.9 Å². The summed E-state index contributed by atoms with van der Waals surface area (Å²) in [5, 5.41) is 5.76. The molecule has 0 aliphatic heterocycles. The Balaban J connectivity index is 0.00000196. The van der Waals surface area contributed by atoms with Crippen LogP contribution in [0.2, 0.25) is 0 Å². The molecule has 0 unspecified atom stereocenters. The first-order valence-corrected chi connectivity index (χ1v) is 5.21. The van der Waals surface area contributed by atoms with Crippen LogP contribution in [0.4, 0.5) is 0 Å². The van der Waals surface area contributed by atoms with Gasteiger partial charge < -0.3 is 10.6 Å². The summed E-state index contributed by atoms with van der Waals surface area (Å²) in [6.07, 6.45) is 0. The van der Waals surface area contributed by atoms with Crippen molar-refractivity contribution in [1.29, 1.82) is 0 Å². The number of hydrogen-bond acceptors (Lipinski definition) is 2. The minimum absolute atomic E-state index is 0. The minimum atomic E-state index is -0.0345. The maximum absolute atomic E-state index is 11.5. The van der Waals surface area contributed by atoms with E-state index in [-0.39, 0.29) is 18.3 Å². The van der Waals surface area contributed by atoms with Gasteiger partial charge in [0, 0.05) is 23.1 Å². The van der Waals surface area contributed by atoms with Gasteiger partial charge in [0.2, 0.25) is 0 Å². The number of nitrogens with one attached hydrogen (secondary N) is 2.